The van der Waals surface area contributed by atoms with Crippen molar-refractivity contribution in [2.45, 2.75) is 25.7 Å². The largest absolute Gasteiger partial charge is 0.474 e. The smallest absolute Gasteiger partial charge is 0.394 e. The predicted molar refractivity (Wildman–Crippen MR) is 55.4 cm³/mol. The second-order valence-corrected chi connectivity index (χ2v) is 2.76. The molecule has 0 rings (SSSR count). The molecule has 4 N–H and O–H groups in total. The van der Waals surface area contributed by atoms with E-state index in [9.17, 15) is 9.59 Å². The highest BCUT2D eigenvalue weighted by molar-refractivity contribution is 6.31. The number of carbonyl (C=O) groups excluding carboxylic acids is 1. The van der Waals surface area contributed by atoms with Crippen LogP contribution in [0.5, 0.6) is 0 Å². The molecule has 0 fully saturated rings. The molecule has 0 aromatic carbocycles. The van der Waals surface area contributed by atoms with E-state index >= 15 is 0 Å². The van der Waals surface area contributed by atoms with Gasteiger partial charge in [-0.3, -0.25) is 4.79 Å². The van der Waals surface area contributed by atoms with Crippen molar-refractivity contribution >= 4 is 24.3 Å². The molecule has 5 nitrogen and oxygen atoms in total. The lowest BCUT2D eigenvalue weighted by molar-refractivity contribution is -0.150. The highest BCUT2D eigenvalue weighted by Crippen LogP contribution is 1.96. The van der Waals surface area contributed by atoms with Crippen molar-refractivity contribution in [1.82, 2.24) is 5.32 Å². The third-order valence-corrected chi connectivity index (χ3v) is 1.61. The van der Waals surface area contributed by atoms with Crippen molar-refractivity contribution in [3.63, 3.8) is 0 Å². The van der Waals surface area contributed by atoms with E-state index in [2.05, 4.69) is 5.32 Å². The Labute approximate surface area is 89.5 Å². The van der Waals surface area contributed by atoms with Gasteiger partial charge < -0.3 is 16.2 Å². The molecule has 0 aliphatic rings. The average molecular weight is 225 g/mol. The summed E-state index contributed by atoms with van der Waals surface area (Å²) in [7, 11) is 0. The van der Waals surface area contributed by atoms with Crippen molar-refractivity contribution in [3.05, 3.63) is 0 Å². The lowest BCUT2D eigenvalue weighted by Gasteiger charge is -2.01. The number of carbonyl (C=O) groups is 2. The van der Waals surface area contributed by atoms with E-state index in [4.69, 9.17) is 10.8 Å². The summed E-state index contributed by atoms with van der Waals surface area (Å²) < 4.78 is 0. The summed E-state index contributed by atoms with van der Waals surface area (Å²) in [6.45, 7) is 1.11. The Morgan fingerprint density at radius 2 is 1.71 bits per heavy atom. The maximum atomic E-state index is 10.5. The van der Waals surface area contributed by atoms with Crippen LogP contribution in [0.15, 0.2) is 0 Å². The average Bonchev–Trinajstić information content (AvgIpc) is 2.10. The fourth-order valence-corrected chi connectivity index (χ4v) is 0.900. The van der Waals surface area contributed by atoms with Crippen molar-refractivity contribution in [3.8, 4) is 0 Å². The van der Waals surface area contributed by atoms with Crippen LogP contribution in [0, 0.1) is 0 Å². The Morgan fingerprint density at radius 3 is 2.21 bits per heavy atom. The van der Waals surface area contributed by atoms with Crippen LogP contribution < -0.4 is 11.1 Å². The molecule has 0 atom stereocenters. The molecule has 0 bridgehead atoms. The normalized spacial score (nSPS) is 8.93. The van der Waals surface area contributed by atoms with Gasteiger partial charge in [0.15, 0.2) is 0 Å². The van der Waals surface area contributed by atoms with Crippen LogP contribution in [-0.2, 0) is 9.59 Å². The van der Waals surface area contributed by atoms with Gasteiger partial charge in [-0.1, -0.05) is 12.8 Å². The van der Waals surface area contributed by atoms with Gasteiger partial charge in [0.2, 0.25) is 0 Å². The summed E-state index contributed by atoms with van der Waals surface area (Å²) in [5.41, 5.74) is 5.28. The minimum absolute atomic E-state index is 0. The molecule has 0 aromatic heterocycles. The Bertz CT molecular complexity index is 176. The van der Waals surface area contributed by atoms with Crippen LogP contribution in [0.3, 0.4) is 0 Å². The topological polar surface area (TPSA) is 92.4 Å². The Kier molecular flexibility index (Phi) is 11.5. The highest BCUT2D eigenvalue weighted by atomic mass is 35.5. The van der Waals surface area contributed by atoms with Gasteiger partial charge in [-0.2, -0.15) is 0 Å². The number of rotatable bonds is 6. The van der Waals surface area contributed by atoms with Gasteiger partial charge >= 0.3 is 11.9 Å². The molecule has 6 heteroatoms. The molecular weight excluding hydrogens is 208 g/mol. The standard InChI is InChI=1S/C8H16N2O3.ClH/c9-5-3-1-2-4-6-10-7(11)8(12)13;/h1-6,9H2,(H,10,11)(H,12,13);1H. The van der Waals surface area contributed by atoms with Crippen LogP contribution in [0.2, 0.25) is 0 Å². The van der Waals surface area contributed by atoms with E-state index in [-0.39, 0.29) is 12.4 Å². The molecule has 0 aliphatic carbocycles. The maximum absolute atomic E-state index is 10.5. The van der Waals surface area contributed by atoms with Crippen molar-refractivity contribution < 1.29 is 14.7 Å². The first-order valence-corrected chi connectivity index (χ1v) is 4.39. The van der Waals surface area contributed by atoms with E-state index in [0.717, 1.165) is 25.7 Å². The summed E-state index contributed by atoms with van der Waals surface area (Å²) in [4.78, 5) is 20.5. The summed E-state index contributed by atoms with van der Waals surface area (Å²) in [6.07, 6.45) is 3.78. The number of amides is 1. The third-order valence-electron chi connectivity index (χ3n) is 1.61. The number of carboxylic acids is 1. The van der Waals surface area contributed by atoms with Gasteiger partial charge in [0, 0.05) is 6.54 Å². The lowest BCUT2D eigenvalue weighted by atomic mass is 10.2. The zero-order valence-corrected chi connectivity index (χ0v) is 8.81. The molecule has 0 radical (unpaired) electrons. The zero-order chi connectivity index (χ0) is 10.1. The first-order valence-electron chi connectivity index (χ1n) is 4.39. The van der Waals surface area contributed by atoms with Gasteiger partial charge in [-0.05, 0) is 19.4 Å². The van der Waals surface area contributed by atoms with E-state index < -0.39 is 11.9 Å². The highest BCUT2D eigenvalue weighted by Gasteiger charge is 2.08. The predicted octanol–water partition coefficient (Wildman–Crippen LogP) is 0.128. The summed E-state index contributed by atoms with van der Waals surface area (Å²) in [6, 6.07) is 0. The molecule has 0 aromatic rings. The molecule has 84 valence electrons. The minimum atomic E-state index is -1.43. The number of unbranched alkanes of at least 4 members (excludes halogenated alkanes) is 3. The first kappa shape index (κ1) is 15.7. The number of nitrogens with one attached hydrogen (secondary N) is 1. The van der Waals surface area contributed by atoms with Crippen LogP contribution in [0.1, 0.15) is 25.7 Å². The van der Waals surface area contributed by atoms with Gasteiger partial charge in [-0.15, -0.1) is 12.4 Å². The molecule has 0 heterocycles. The molecule has 0 aliphatic heterocycles. The third kappa shape index (κ3) is 9.28. The SMILES string of the molecule is Cl.NCCCCCCNC(=O)C(=O)O. The molecule has 0 spiro atoms. The molecular formula is C8H17ClN2O3. The second kappa shape index (κ2) is 10.3. The number of nitrogens with two attached hydrogens (primary N) is 1. The second-order valence-electron chi connectivity index (χ2n) is 2.76. The zero-order valence-electron chi connectivity index (χ0n) is 7.99. The summed E-state index contributed by atoms with van der Waals surface area (Å²) >= 11 is 0. The first-order chi connectivity index (χ1) is 6.18. The Morgan fingerprint density at radius 1 is 1.14 bits per heavy atom. The van der Waals surface area contributed by atoms with Crippen molar-refractivity contribution in [2.24, 2.45) is 5.73 Å². The van der Waals surface area contributed by atoms with Crippen LogP contribution >= 0.6 is 12.4 Å². The van der Waals surface area contributed by atoms with E-state index in [1.165, 1.54) is 0 Å². The van der Waals surface area contributed by atoms with E-state index in [1.807, 2.05) is 0 Å². The number of halogens is 1. The number of hydrogen-bond donors (Lipinski definition) is 3. The maximum Gasteiger partial charge on any atom is 0.394 e. The number of hydrogen-bond acceptors (Lipinski definition) is 3. The quantitative estimate of drug-likeness (QED) is 0.442. The van der Waals surface area contributed by atoms with Gasteiger partial charge in [-0.25, -0.2) is 4.79 Å². The molecule has 0 saturated heterocycles. The van der Waals surface area contributed by atoms with Gasteiger partial charge in [0.25, 0.3) is 0 Å². The number of carboxylic acid groups (broad SMARTS) is 1. The Balaban J connectivity index is 0. The minimum Gasteiger partial charge on any atom is -0.474 e. The summed E-state index contributed by atoms with van der Waals surface area (Å²) in [5, 5.41) is 10.5. The van der Waals surface area contributed by atoms with Crippen molar-refractivity contribution in [2.75, 3.05) is 13.1 Å². The van der Waals surface area contributed by atoms with Gasteiger partial charge in [0.05, 0.1) is 0 Å². The molecule has 0 saturated carbocycles. The monoisotopic (exact) mass is 224 g/mol. The fraction of sp³-hybridized carbons (Fsp3) is 0.750. The van der Waals surface area contributed by atoms with Crippen LogP contribution in [0.25, 0.3) is 0 Å². The van der Waals surface area contributed by atoms with Crippen molar-refractivity contribution in [1.29, 1.82) is 0 Å². The molecule has 0 unspecified atom stereocenters. The van der Waals surface area contributed by atoms with Gasteiger partial charge in [0.1, 0.15) is 0 Å². The number of aliphatic carboxylic acids is 1. The summed E-state index contributed by atoms with van der Waals surface area (Å²) in [5.74, 6) is -2.36. The van der Waals surface area contributed by atoms with Crippen LogP contribution in [-0.4, -0.2) is 30.1 Å². The van der Waals surface area contributed by atoms with E-state index in [0.29, 0.717) is 13.1 Å². The van der Waals surface area contributed by atoms with E-state index in [1.54, 1.807) is 0 Å². The lowest BCUT2D eigenvalue weighted by Crippen LogP contribution is -2.31. The fourth-order valence-electron chi connectivity index (χ4n) is 0.900. The molecule has 14 heavy (non-hydrogen) atoms. The Hall–Kier alpha value is -0.810. The molecule has 1 amide bonds. The van der Waals surface area contributed by atoms with Crippen LogP contribution in [0.4, 0.5) is 0 Å².